The van der Waals surface area contributed by atoms with E-state index in [0.717, 1.165) is 11.3 Å². The Kier molecular flexibility index (Phi) is 4.43. The molecule has 0 radical (unpaired) electrons. The molecule has 0 bridgehead atoms. The van der Waals surface area contributed by atoms with Crippen LogP contribution in [0.3, 0.4) is 0 Å². The van der Waals surface area contributed by atoms with Gasteiger partial charge in [0.15, 0.2) is 0 Å². The fraction of sp³-hybridized carbons (Fsp3) is 0.364. The van der Waals surface area contributed by atoms with E-state index in [1.165, 1.54) is 0 Å². The van der Waals surface area contributed by atoms with E-state index in [2.05, 4.69) is 5.32 Å². The van der Waals surface area contributed by atoms with Crippen LogP contribution in [0.1, 0.15) is 25.3 Å². The van der Waals surface area contributed by atoms with Crippen molar-refractivity contribution in [2.24, 2.45) is 0 Å². The van der Waals surface area contributed by atoms with Crippen molar-refractivity contribution >= 4 is 34.8 Å². The molecule has 0 fully saturated rings. The summed E-state index contributed by atoms with van der Waals surface area (Å²) in [4.78, 5) is 11.2. The molecule has 15 heavy (non-hydrogen) atoms. The molecule has 0 aliphatic carbocycles. The van der Waals surface area contributed by atoms with Crippen molar-refractivity contribution in [3.63, 3.8) is 0 Å². The van der Waals surface area contributed by atoms with E-state index < -0.39 is 0 Å². The molecule has 1 amide bonds. The van der Waals surface area contributed by atoms with Gasteiger partial charge in [-0.25, -0.2) is 0 Å². The number of anilines is 1. The van der Waals surface area contributed by atoms with Crippen molar-refractivity contribution in [1.82, 2.24) is 0 Å². The topological polar surface area (TPSA) is 29.1 Å². The molecule has 2 nitrogen and oxygen atoms in total. The van der Waals surface area contributed by atoms with Crippen LogP contribution in [0.4, 0.5) is 5.69 Å². The van der Waals surface area contributed by atoms with E-state index in [1.807, 2.05) is 19.9 Å². The van der Waals surface area contributed by atoms with Crippen molar-refractivity contribution < 1.29 is 4.79 Å². The summed E-state index contributed by atoms with van der Waals surface area (Å²) in [6.07, 6.45) is 0. The van der Waals surface area contributed by atoms with Crippen LogP contribution < -0.4 is 5.32 Å². The molecule has 0 unspecified atom stereocenters. The average Bonchev–Trinajstić information content (AvgIpc) is 2.20. The fourth-order valence-corrected chi connectivity index (χ4v) is 1.56. The van der Waals surface area contributed by atoms with E-state index in [1.54, 1.807) is 12.1 Å². The highest BCUT2D eigenvalue weighted by Crippen LogP contribution is 2.27. The quantitative estimate of drug-likeness (QED) is 0.810. The first kappa shape index (κ1) is 12.3. The molecular weight excluding hydrogens is 233 g/mol. The van der Waals surface area contributed by atoms with Crippen molar-refractivity contribution in [3.05, 3.63) is 28.8 Å². The first-order chi connectivity index (χ1) is 7.04. The summed E-state index contributed by atoms with van der Waals surface area (Å²) in [5.74, 6) is 0.0513. The molecule has 1 aromatic rings. The summed E-state index contributed by atoms with van der Waals surface area (Å²) in [5.41, 5.74) is 1.79. The number of hydrogen-bond donors (Lipinski definition) is 1. The molecule has 1 aromatic carbocycles. The van der Waals surface area contributed by atoms with Crippen molar-refractivity contribution in [3.8, 4) is 0 Å². The largest absolute Gasteiger partial charge is 0.325 e. The number of benzene rings is 1. The van der Waals surface area contributed by atoms with Gasteiger partial charge < -0.3 is 5.32 Å². The minimum Gasteiger partial charge on any atom is -0.325 e. The van der Waals surface area contributed by atoms with Gasteiger partial charge in [-0.2, -0.15) is 0 Å². The Hall–Kier alpha value is -0.730. The van der Waals surface area contributed by atoms with Crippen LogP contribution in [0.5, 0.6) is 0 Å². The number of halogens is 2. The van der Waals surface area contributed by atoms with Gasteiger partial charge in [0.1, 0.15) is 5.88 Å². The van der Waals surface area contributed by atoms with Gasteiger partial charge in [-0.1, -0.05) is 25.4 Å². The highest BCUT2D eigenvalue weighted by molar-refractivity contribution is 6.31. The predicted octanol–water partition coefficient (Wildman–Crippen LogP) is 3.64. The summed E-state index contributed by atoms with van der Waals surface area (Å²) < 4.78 is 0. The first-order valence-electron chi connectivity index (χ1n) is 4.70. The van der Waals surface area contributed by atoms with E-state index in [4.69, 9.17) is 23.2 Å². The Morgan fingerprint density at radius 2 is 2.13 bits per heavy atom. The third-order valence-electron chi connectivity index (χ3n) is 2.03. The third-order valence-corrected chi connectivity index (χ3v) is 2.51. The van der Waals surface area contributed by atoms with Crippen LogP contribution in [0.25, 0.3) is 0 Å². The standard InChI is InChI=1S/C11H13Cl2NO/c1-7(2)9-5-8(13)3-4-10(9)14-11(15)6-12/h3-5,7H,6H2,1-2H3,(H,14,15). The lowest BCUT2D eigenvalue weighted by Gasteiger charge is -2.13. The van der Waals surface area contributed by atoms with Crippen LogP contribution >= 0.6 is 23.2 Å². The molecule has 0 aliphatic rings. The number of alkyl halides is 1. The van der Waals surface area contributed by atoms with Crippen LogP contribution in [-0.4, -0.2) is 11.8 Å². The first-order valence-corrected chi connectivity index (χ1v) is 5.61. The second kappa shape index (κ2) is 5.38. The van der Waals surface area contributed by atoms with E-state index in [0.29, 0.717) is 10.9 Å². The predicted molar refractivity (Wildman–Crippen MR) is 64.9 cm³/mol. The number of hydrogen-bond acceptors (Lipinski definition) is 1. The van der Waals surface area contributed by atoms with Crippen LogP contribution in [0.2, 0.25) is 5.02 Å². The summed E-state index contributed by atoms with van der Waals surface area (Å²) in [7, 11) is 0. The van der Waals surface area contributed by atoms with Gasteiger partial charge in [0, 0.05) is 10.7 Å². The van der Waals surface area contributed by atoms with E-state index in [9.17, 15) is 4.79 Å². The highest BCUT2D eigenvalue weighted by atomic mass is 35.5. The summed E-state index contributed by atoms with van der Waals surface area (Å²) in [5, 5.41) is 3.41. The summed E-state index contributed by atoms with van der Waals surface area (Å²) >= 11 is 11.3. The smallest absolute Gasteiger partial charge is 0.239 e. The lowest BCUT2D eigenvalue weighted by atomic mass is 10.0. The van der Waals surface area contributed by atoms with Gasteiger partial charge in [0.25, 0.3) is 0 Å². The molecule has 0 aromatic heterocycles. The lowest BCUT2D eigenvalue weighted by molar-refractivity contribution is -0.113. The van der Waals surface area contributed by atoms with Crippen molar-refractivity contribution in [2.75, 3.05) is 11.2 Å². The van der Waals surface area contributed by atoms with Crippen LogP contribution in [-0.2, 0) is 4.79 Å². The molecule has 0 atom stereocenters. The zero-order valence-electron chi connectivity index (χ0n) is 8.68. The maximum Gasteiger partial charge on any atom is 0.239 e. The van der Waals surface area contributed by atoms with Gasteiger partial charge in [-0.15, -0.1) is 11.6 Å². The van der Waals surface area contributed by atoms with Crippen LogP contribution in [0.15, 0.2) is 18.2 Å². The Morgan fingerprint density at radius 3 is 2.67 bits per heavy atom. The molecule has 82 valence electrons. The monoisotopic (exact) mass is 245 g/mol. The van der Waals surface area contributed by atoms with Gasteiger partial charge in [-0.3, -0.25) is 4.79 Å². The maximum absolute atomic E-state index is 11.2. The van der Waals surface area contributed by atoms with Crippen LogP contribution in [0, 0.1) is 0 Å². The Morgan fingerprint density at radius 1 is 1.47 bits per heavy atom. The van der Waals surface area contributed by atoms with Crippen molar-refractivity contribution in [1.29, 1.82) is 0 Å². The van der Waals surface area contributed by atoms with Crippen molar-refractivity contribution in [2.45, 2.75) is 19.8 Å². The van der Waals surface area contributed by atoms with E-state index in [-0.39, 0.29) is 11.8 Å². The molecule has 1 N–H and O–H groups in total. The van der Waals surface area contributed by atoms with Gasteiger partial charge in [0.2, 0.25) is 5.91 Å². The Labute approximate surface area is 99.6 Å². The normalized spacial score (nSPS) is 10.5. The molecular formula is C11H13Cl2NO. The maximum atomic E-state index is 11.2. The molecule has 0 saturated heterocycles. The number of amides is 1. The summed E-state index contributed by atoms with van der Waals surface area (Å²) in [6, 6.07) is 5.40. The molecule has 4 heteroatoms. The minimum atomic E-state index is -0.208. The highest BCUT2D eigenvalue weighted by Gasteiger charge is 2.09. The number of rotatable bonds is 3. The molecule has 0 aliphatic heterocycles. The molecule has 1 rings (SSSR count). The average molecular weight is 246 g/mol. The fourth-order valence-electron chi connectivity index (χ4n) is 1.31. The molecule has 0 spiro atoms. The van der Waals surface area contributed by atoms with Gasteiger partial charge in [0.05, 0.1) is 0 Å². The lowest BCUT2D eigenvalue weighted by Crippen LogP contribution is -2.14. The van der Waals surface area contributed by atoms with Gasteiger partial charge >= 0.3 is 0 Å². The zero-order valence-corrected chi connectivity index (χ0v) is 10.2. The Bertz CT molecular complexity index is 364. The second-order valence-electron chi connectivity index (χ2n) is 3.57. The van der Waals surface area contributed by atoms with Gasteiger partial charge in [-0.05, 0) is 29.7 Å². The number of nitrogens with one attached hydrogen (secondary N) is 1. The third kappa shape index (κ3) is 3.40. The number of carbonyl (C=O) groups is 1. The minimum absolute atomic E-state index is 0.0415. The molecule has 0 heterocycles. The second-order valence-corrected chi connectivity index (χ2v) is 4.27. The summed E-state index contributed by atoms with van der Waals surface area (Å²) in [6.45, 7) is 4.09. The SMILES string of the molecule is CC(C)c1cc(Cl)ccc1NC(=O)CCl. The van der Waals surface area contributed by atoms with E-state index >= 15 is 0 Å². The molecule has 0 saturated carbocycles. The Balaban J connectivity index is 3.00. The zero-order chi connectivity index (χ0) is 11.4. The number of carbonyl (C=O) groups excluding carboxylic acids is 1.